The Hall–Kier alpha value is -1.88. The minimum Gasteiger partial charge on any atom is -0.494 e. The van der Waals surface area contributed by atoms with E-state index in [1.54, 1.807) is 12.3 Å². The zero-order valence-corrected chi connectivity index (χ0v) is 13.4. The quantitative estimate of drug-likeness (QED) is 0.804. The van der Waals surface area contributed by atoms with Crippen LogP contribution < -0.4 is 10.1 Å². The van der Waals surface area contributed by atoms with Crippen LogP contribution in [0.2, 0.25) is 0 Å². The maximum absolute atomic E-state index is 11.7. The number of hydrogen-bond acceptors (Lipinski definition) is 3. The molecule has 21 heavy (non-hydrogen) atoms. The van der Waals surface area contributed by atoms with E-state index in [0.717, 1.165) is 15.8 Å². The van der Waals surface area contributed by atoms with Crippen molar-refractivity contribution in [3.8, 4) is 5.75 Å². The number of ether oxygens (including phenoxy) is 1. The van der Waals surface area contributed by atoms with Crippen molar-refractivity contribution in [3.05, 3.63) is 52.6 Å². The molecule has 5 heteroatoms. The van der Waals surface area contributed by atoms with E-state index < -0.39 is 0 Å². The van der Waals surface area contributed by atoms with Crippen molar-refractivity contribution in [3.63, 3.8) is 0 Å². The van der Waals surface area contributed by atoms with Gasteiger partial charge in [0.1, 0.15) is 11.6 Å². The normalized spacial score (nSPS) is 10.2. The highest BCUT2D eigenvalue weighted by molar-refractivity contribution is 9.10. The summed E-state index contributed by atoms with van der Waals surface area (Å²) in [6, 6.07) is 11.3. The van der Waals surface area contributed by atoms with Crippen LogP contribution in [0.15, 0.2) is 47.1 Å². The molecule has 0 saturated heterocycles. The highest BCUT2D eigenvalue weighted by atomic mass is 79.9. The maximum atomic E-state index is 11.7. The van der Waals surface area contributed by atoms with Gasteiger partial charge in [0.25, 0.3) is 0 Å². The van der Waals surface area contributed by atoms with Crippen molar-refractivity contribution in [1.29, 1.82) is 0 Å². The van der Waals surface area contributed by atoms with Crippen LogP contribution in [-0.2, 0) is 4.79 Å². The van der Waals surface area contributed by atoms with E-state index >= 15 is 0 Å². The van der Waals surface area contributed by atoms with Gasteiger partial charge in [-0.3, -0.25) is 4.79 Å². The Labute approximate surface area is 132 Å². The number of pyridine rings is 1. The summed E-state index contributed by atoms with van der Waals surface area (Å²) >= 11 is 3.37. The highest BCUT2D eigenvalue weighted by Gasteiger charge is 2.03. The molecule has 0 aliphatic heterocycles. The average Bonchev–Trinajstić information content (AvgIpc) is 2.48. The number of aromatic nitrogens is 1. The molecular formula is C16H17BrN2O2. The van der Waals surface area contributed by atoms with Gasteiger partial charge in [-0.25, -0.2) is 4.98 Å². The smallest absolute Gasteiger partial charge is 0.225 e. The number of carbonyl (C=O) groups excluding carboxylic acids is 1. The van der Waals surface area contributed by atoms with Crippen LogP contribution in [0.4, 0.5) is 5.82 Å². The van der Waals surface area contributed by atoms with Crippen molar-refractivity contribution in [2.75, 3.05) is 11.9 Å². The molecule has 0 fully saturated rings. The number of halogens is 1. The number of hydrogen-bond donors (Lipinski definition) is 1. The molecule has 0 atom stereocenters. The van der Waals surface area contributed by atoms with Crippen molar-refractivity contribution in [2.45, 2.75) is 19.8 Å². The van der Waals surface area contributed by atoms with Gasteiger partial charge in [0.05, 0.1) is 6.61 Å². The van der Waals surface area contributed by atoms with E-state index in [0.29, 0.717) is 25.3 Å². The van der Waals surface area contributed by atoms with Gasteiger partial charge in [0.15, 0.2) is 0 Å². The van der Waals surface area contributed by atoms with E-state index in [1.807, 2.05) is 37.3 Å². The number of benzene rings is 1. The standard InChI is InChI=1S/C16H17BrN2O2/c1-12-4-9-15(18-11-12)19-16(20)3-2-10-21-14-7-5-13(17)6-8-14/h4-9,11H,2-3,10H2,1H3,(H,18,19,20). The number of aryl methyl sites for hydroxylation is 1. The molecule has 1 aromatic carbocycles. The Morgan fingerprint density at radius 3 is 2.67 bits per heavy atom. The lowest BCUT2D eigenvalue weighted by Gasteiger charge is -2.07. The SMILES string of the molecule is Cc1ccc(NC(=O)CCCOc2ccc(Br)cc2)nc1. The summed E-state index contributed by atoms with van der Waals surface area (Å²) in [5.74, 6) is 1.34. The third kappa shape index (κ3) is 5.55. The van der Waals surface area contributed by atoms with E-state index in [-0.39, 0.29) is 5.91 Å². The zero-order chi connectivity index (χ0) is 15.1. The Kier molecular flexibility index (Phi) is 5.75. The second kappa shape index (κ2) is 7.78. The number of nitrogens with zero attached hydrogens (tertiary/aromatic N) is 1. The first-order valence-electron chi connectivity index (χ1n) is 6.74. The number of carbonyl (C=O) groups is 1. The van der Waals surface area contributed by atoms with Gasteiger partial charge in [-0.1, -0.05) is 22.0 Å². The van der Waals surface area contributed by atoms with Crippen LogP contribution in [0, 0.1) is 6.92 Å². The molecule has 0 bridgehead atoms. The Balaban J connectivity index is 1.67. The van der Waals surface area contributed by atoms with Crippen LogP contribution in [0.25, 0.3) is 0 Å². The number of nitrogens with one attached hydrogen (secondary N) is 1. The fourth-order valence-electron chi connectivity index (χ4n) is 1.70. The summed E-state index contributed by atoms with van der Waals surface area (Å²) < 4.78 is 6.57. The molecule has 2 aromatic rings. The van der Waals surface area contributed by atoms with E-state index in [1.165, 1.54) is 0 Å². The first-order valence-corrected chi connectivity index (χ1v) is 7.53. The van der Waals surface area contributed by atoms with Crippen molar-refractivity contribution in [2.24, 2.45) is 0 Å². The zero-order valence-electron chi connectivity index (χ0n) is 11.8. The Morgan fingerprint density at radius 2 is 2.00 bits per heavy atom. The topological polar surface area (TPSA) is 51.2 Å². The summed E-state index contributed by atoms with van der Waals surface area (Å²) in [4.78, 5) is 15.9. The van der Waals surface area contributed by atoms with Gasteiger partial charge in [0.2, 0.25) is 5.91 Å². The predicted octanol–water partition coefficient (Wildman–Crippen LogP) is 3.95. The van der Waals surface area contributed by atoms with Gasteiger partial charge >= 0.3 is 0 Å². The molecule has 0 saturated carbocycles. The largest absolute Gasteiger partial charge is 0.494 e. The minimum absolute atomic E-state index is 0.0502. The summed E-state index contributed by atoms with van der Waals surface area (Å²) in [6.07, 6.45) is 2.80. The van der Waals surface area contributed by atoms with Crippen LogP contribution in [0.3, 0.4) is 0 Å². The fraction of sp³-hybridized carbons (Fsp3) is 0.250. The summed E-state index contributed by atoms with van der Waals surface area (Å²) in [6.45, 7) is 2.47. The lowest BCUT2D eigenvalue weighted by atomic mass is 10.3. The van der Waals surface area contributed by atoms with Crippen LogP contribution in [0.5, 0.6) is 5.75 Å². The molecule has 0 aliphatic carbocycles. The molecule has 110 valence electrons. The first-order chi connectivity index (χ1) is 10.1. The van der Waals surface area contributed by atoms with Gasteiger partial charge < -0.3 is 10.1 Å². The van der Waals surface area contributed by atoms with E-state index in [9.17, 15) is 4.79 Å². The molecule has 2 rings (SSSR count). The number of rotatable bonds is 6. The molecule has 4 nitrogen and oxygen atoms in total. The molecule has 1 heterocycles. The molecule has 1 N–H and O–H groups in total. The third-order valence-electron chi connectivity index (χ3n) is 2.81. The van der Waals surface area contributed by atoms with Gasteiger partial charge in [-0.2, -0.15) is 0 Å². The fourth-order valence-corrected chi connectivity index (χ4v) is 1.96. The van der Waals surface area contributed by atoms with Crippen molar-refractivity contribution >= 4 is 27.7 Å². The summed E-state index contributed by atoms with van der Waals surface area (Å²) in [7, 11) is 0. The van der Waals surface area contributed by atoms with Crippen LogP contribution in [-0.4, -0.2) is 17.5 Å². The molecule has 0 radical (unpaired) electrons. The molecule has 0 unspecified atom stereocenters. The van der Waals surface area contributed by atoms with Gasteiger partial charge in [-0.05, 0) is 49.2 Å². The van der Waals surface area contributed by atoms with Crippen molar-refractivity contribution in [1.82, 2.24) is 4.98 Å². The second-order valence-electron chi connectivity index (χ2n) is 4.67. The van der Waals surface area contributed by atoms with Crippen molar-refractivity contribution < 1.29 is 9.53 Å². The number of amides is 1. The molecule has 1 aromatic heterocycles. The summed E-state index contributed by atoms with van der Waals surface area (Å²) in [5, 5.41) is 2.76. The maximum Gasteiger partial charge on any atom is 0.225 e. The Morgan fingerprint density at radius 1 is 1.24 bits per heavy atom. The third-order valence-corrected chi connectivity index (χ3v) is 3.34. The van der Waals surface area contributed by atoms with Gasteiger partial charge in [0, 0.05) is 17.1 Å². The van der Waals surface area contributed by atoms with E-state index in [2.05, 4.69) is 26.2 Å². The predicted molar refractivity (Wildman–Crippen MR) is 86.5 cm³/mol. The molecular weight excluding hydrogens is 332 g/mol. The van der Waals surface area contributed by atoms with Crippen LogP contribution >= 0.6 is 15.9 Å². The Bertz CT molecular complexity index is 582. The number of anilines is 1. The lowest BCUT2D eigenvalue weighted by molar-refractivity contribution is -0.116. The van der Waals surface area contributed by atoms with E-state index in [4.69, 9.17) is 4.74 Å². The second-order valence-corrected chi connectivity index (χ2v) is 5.59. The average molecular weight is 349 g/mol. The van der Waals surface area contributed by atoms with Gasteiger partial charge in [-0.15, -0.1) is 0 Å². The molecule has 0 aliphatic rings. The minimum atomic E-state index is -0.0502. The lowest BCUT2D eigenvalue weighted by Crippen LogP contribution is -2.13. The summed E-state index contributed by atoms with van der Waals surface area (Å²) in [5.41, 5.74) is 1.07. The molecule has 0 spiro atoms. The van der Waals surface area contributed by atoms with Crippen LogP contribution in [0.1, 0.15) is 18.4 Å². The monoisotopic (exact) mass is 348 g/mol. The highest BCUT2D eigenvalue weighted by Crippen LogP contribution is 2.16. The molecule has 1 amide bonds. The first kappa shape index (κ1) is 15.5.